The summed E-state index contributed by atoms with van der Waals surface area (Å²) in [5, 5.41) is 0. The van der Waals surface area contributed by atoms with Crippen LogP contribution in [0.3, 0.4) is 0 Å². The molecular formula is C22H32F2N2O. The maximum Gasteiger partial charge on any atom is 0.227 e. The van der Waals surface area contributed by atoms with Crippen molar-refractivity contribution in [1.82, 2.24) is 4.90 Å². The lowest BCUT2D eigenvalue weighted by molar-refractivity contribution is -0.119. The van der Waals surface area contributed by atoms with E-state index in [4.69, 9.17) is 0 Å². The molecule has 1 unspecified atom stereocenters. The topological polar surface area (TPSA) is 23.6 Å². The number of piperidine rings is 1. The van der Waals surface area contributed by atoms with Gasteiger partial charge in [0, 0.05) is 31.3 Å². The maximum absolute atomic E-state index is 13.7. The molecule has 2 heterocycles. The summed E-state index contributed by atoms with van der Waals surface area (Å²) >= 11 is 0. The van der Waals surface area contributed by atoms with Crippen molar-refractivity contribution in [3.63, 3.8) is 0 Å². The Morgan fingerprint density at radius 3 is 2.52 bits per heavy atom. The summed E-state index contributed by atoms with van der Waals surface area (Å²) in [6, 6.07) is 2.43. The highest BCUT2D eigenvalue weighted by atomic mass is 19.2. The molecule has 0 N–H and O–H groups in total. The first-order chi connectivity index (χ1) is 13.0. The number of nitrogens with zero attached hydrogens (tertiary/aromatic N) is 2. The van der Waals surface area contributed by atoms with Gasteiger partial charge in [0.05, 0.1) is 0 Å². The summed E-state index contributed by atoms with van der Waals surface area (Å²) in [5.74, 6) is -0.541. The van der Waals surface area contributed by atoms with Gasteiger partial charge in [-0.3, -0.25) is 4.79 Å². The molecule has 0 saturated carbocycles. The quantitative estimate of drug-likeness (QED) is 0.682. The Kier molecular flexibility index (Phi) is 6.85. The minimum Gasteiger partial charge on any atom is -0.312 e. The van der Waals surface area contributed by atoms with Crippen molar-refractivity contribution in [2.45, 2.75) is 58.8 Å². The van der Waals surface area contributed by atoms with Crippen molar-refractivity contribution < 1.29 is 13.6 Å². The number of carbonyl (C=O) groups is 1. The van der Waals surface area contributed by atoms with Crippen LogP contribution in [0.25, 0.3) is 0 Å². The molecule has 1 amide bonds. The normalized spacial score (nSPS) is 20.0. The molecule has 2 aliphatic rings. The fourth-order valence-electron chi connectivity index (χ4n) is 4.50. The Morgan fingerprint density at radius 2 is 1.81 bits per heavy atom. The molecule has 1 aromatic carbocycles. The van der Waals surface area contributed by atoms with Gasteiger partial charge in [-0.25, -0.2) is 8.78 Å². The third kappa shape index (κ3) is 5.07. The zero-order chi connectivity index (χ0) is 19.4. The van der Waals surface area contributed by atoms with E-state index in [2.05, 4.69) is 18.7 Å². The van der Waals surface area contributed by atoms with Gasteiger partial charge in [-0.15, -0.1) is 0 Å². The van der Waals surface area contributed by atoms with Crippen LogP contribution in [0.2, 0.25) is 0 Å². The van der Waals surface area contributed by atoms with Crippen LogP contribution in [-0.2, 0) is 11.2 Å². The minimum absolute atomic E-state index is 0.0126. The maximum atomic E-state index is 13.7. The lowest BCUT2D eigenvalue weighted by Gasteiger charge is -2.36. The number of carbonyl (C=O) groups excluding carboxylic acids is 1. The van der Waals surface area contributed by atoms with Crippen LogP contribution in [0.15, 0.2) is 12.1 Å². The summed E-state index contributed by atoms with van der Waals surface area (Å²) in [6.45, 7) is 8.16. The lowest BCUT2D eigenvalue weighted by atomic mass is 9.91. The molecule has 0 radical (unpaired) electrons. The largest absolute Gasteiger partial charge is 0.312 e. The van der Waals surface area contributed by atoms with Crippen molar-refractivity contribution >= 4 is 11.6 Å². The van der Waals surface area contributed by atoms with E-state index in [9.17, 15) is 13.6 Å². The van der Waals surface area contributed by atoms with E-state index in [1.165, 1.54) is 44.2 Å². The smallest absolute Gasteiger partial charge is 0.227 e. The van der Waals surface area contributed by atoms with Gasteiger partial charge in [-0.1, -0.05) is 33.1 Å². The fraction of sp³-hybridized carbons (Fsp3) is 0.682. The van der Waals surface area contributed by atoms with Gasteiger partial charge in [0.2, 0.25) is 5.91 Å². The van der Waals surface area contributed by atoms with E-state index >= 15 is 0 Å². The molecule has 1 fully saturated rings. The van der Waals surface area contributed by atoms with E-state index < -0.39 is 11.6 Å². The molecule has 1 aromatic rings. The van der Waals surface area contributed by atoms with Crippen molar-refractivity contribution in [1.29, 1.82) is 0 Å². The van der Waals surface area contributed by atoms with Crippen molar-refractivity contribution in [3.8, 4) is 0 Å². The van der Waals surface area contributed by atoms with Crippen molar-refractivity contribution in [3.05, 3.63) is 29.3 Å². The molecule has 1 saturated heterocycles. The molecule has 150 valence electrons. The third-order valence-electron chi connectivity index (χ3n) is 6.06. The van der Waals surface area contributed by atoms with E-state index in [1.54, 1.807) is 4.90 Å². The van der Waals surface area contributed by atoms with E-state index in [1.807, 2.05) is 0 Å². The summed E-state index contributed by atoms with van der Waals surface area (Å²) in [5.41, 5.74) is 1.28. The van der Waals surface area contributed by atoms with Gasteiger partial charge in [0.25, 0.3) is 0 Å². The van der Waals surface area contributed by atoms with Crippen LogP contribution in [0.5, 0.6) is 0 Å². The molecule has 3 rings (SSSR count). The Morgan fingerprint density at radius 1 is 1.11 bits per heavy atom. The van der Waals surface area contributed by atoms with Gasteiger partial charge >= 0.3 is 0 Å². The Labute approximate surface area is 161 Å². The Bertz CT molecular complexity index is 656. The molecular weight excluding hydrogens is 346 g/mol. The Balaban J connectivity index is 1.56. The van der Waals surface area contributed by atoms with Gasteiger partial charge in [-0.2, -0.15) is 0 Å². The van der Waals surface area contributed by atoms with Crippen LogP contribution in [0, 0.1) is 23.5 Å². The first-order valence-corrected chi connectivity index (χ1v) is 10.5. The highest BCUT2D eigenvalue weighted by Crippen LogP contribution is 2.31. The molecule has 3 nitrogen and oxygen atoms in total. The average molecular weight is 379 g/mol. The number of aryl methyl sites for hydroxylation is 1. The number of fused-ring (bicyclic) bond motifs is 1. The summed E-state index contributed by atoms with van der Waals surface area (Å²) in [4.78, 5) is 16.6. The molecule has 0 spiro atoms. The van der Waals surface area contributed by atoms with Crippen LogP contribution in [-0.4, -0.2) is 37.0 Å². The third-order valence-corrected chi connectivity index (χ3v) is 6.06. The van der Waals surface area contributed by atoms with Crippen LogP contribution in [0.1, 0.15) is 57.9 Å². The predicted octanol–water partition coefficient (Wildman–Crippen LogP) is 4.78. The van der Waals surface area contributed by atoms with Crippen LogP contribution >= 0.6 is 0 Å². The molecule has 5 heteroatoms. The van der Waals surface area contributed by atoms with Gasteiger partial charge in [0.1, 0.15) is 0 Å². The zero-order valence-electron chi connectivity index (χ0n) is 16.6. The second kappa shape index (κ2) is 9.13. The summed E-state index contributed by atoms with van der Waals surface area (Å²) in [6.07, 6.45) is 7.34. The number of rotatable bonds is 7. The molecule has 0 aromatic heterocycles. The number of hydrogen-bond acceptors (Lipinski definition) is 2. The SMILES string of the molecule is CCCCC1CCN(CC(C)CN2C(=O)CCc3cc(F)c(F)cc32)CC1. The molecule has 0 aliphatic carbocycles. The number of likely N-dealkylation sites (tertiary alicyclic amines) is 1. The summed E-state index contributed by atoms with van der Waals surface area (Å²) in [7, 11) is 0. The zero-order valence-corrected chi connectivity index (χ0v) is 16.6. The number of anilines is 1. The van der Waals surface area contributed by atoms with E-state index in [0.717, 1.165) is 31.1 Å². The number of amides is 1. The van der Waals surface area contributed by atoms with E-state index in [-0.39, 0.29) is 5.91 Å². The van der Waals surface area contributed by atoms with Gasteiger partial charge < -0.3 is 9.80 Å². The first-order valence-electron chi connectivity index (χ1n) is 10.5. The summed E-state index contributed by atoms with van der Waals surface area (Å²) < 4.78 is 27.2. The molecule has 2 aliphatic heterocycles. The second-order valence-electron chi connectivity index (χ2n) is 8.39. The monoisotopic (exact) mass is 378 g/mol. The number of unbranched alkanes of at least 4 members (excludes halogenated alkanes) is 1. The highest BCUT2D eigenvalue weighted by molar-refractivity contribution is 5.96. The number of halogens is 2. The first kappa shape index (κ1) is 20.2. The number of benzene rings is 1. The molecule has 0 bridgehead atoms. The van der Waals surface area contributed by atoms with Crippen LogP contribution in [0.4, 0.5) is 14.5 Å². The van der Waals surface area contributed by atoms with Crippen molar-refractivity contribution in [2.75, 3.05) is 31.1 Å². The lowest BCUT2D eigenvalue weighted by Crippen LogP contribution is -2.43. The standard InChI is InChI=1S/C22H32F2N2O/c1-3-4-5-17-8-10-25(11-9-17)14-16(2)15-26-21-13-20(24)19(23)12-18(21)6-7-22(26)27/h12-13,16-17H,3-11,14-15H2,1-2H3. The highest BCUT2D eigenvalue weighted by Gasteiger charge is 2.28. The van der Waals surface area contributed by atoms with Crippen LogP contribution < -0.4 is 4.90 Å². The van der Waals surface area contributed by atoms with Gasteiger partial charge in [0.15, 0.2) is 11.6 Å². The number of hydrogen-bond donors (Lipinski definition) is 0. The molecule has 27 heavy (non-hydrogen) atoms. The van der Waals surface area contributed by atoms with E-state index in [0.29, 0.717) is 31.0 Å². The second-order valence-corrected chi connectivity index (χ2v) is 8.39. The van der Waals surface area contributed by atoms with Gasteiger partial charge in [-0.05, 0) is 55.8 Å². The minimum atomic E-state index is -0.879. The average Bonchev–Trinajstić information content (AvgIpc) is 2.65. The fourth-order valence-corrected chi connectivity index (χ4v) is 4.50. The van der Waals surface area contributed by atoms with Crippen molar-refractivity contribution in [2.24, 2.45) is 11.8 Å². The predicted molar refractivity (Wildman–Crippen MR) is 105 cm³/mol. The Hall–Kier alpha value is -1.49. The molecule has 1 atom stereocenters.